The summed E-state index contributed by atoms with van der Waals surface area (Å²) in [6.45, 7) is 5.93. The Balaban J connectivity index is 2.23. The molecule has 0 spiro atoms. The molecule has 0 aliphatic carbocycles. The second kappa shape index (κ2) is 8.31. The number of hydrogen-bond acceptors (Lipinski definition) is 4. The molecule has 0 aliphatic heterocycles. The summed E-state index contributed by atoms with van der Waals surface area (Å²) >= 11 is 0. The summed E-state index contributed by atoms with van der Waals surface area (Å²) < 4.78 is 4.81. The summed E-state index contributed by atoms with van der Waals surface area (Å²) in [5.41, 5.74) is 0.407. The van der Waals surface area contributed by atoms with Crippen LogP contribution in [0.3, 0.4) is 0 Å². The van der Waals surface area contributed by atoms with Gasteiger partial charge < -0.3 is 20.4 Å². The van der Waals surface area contributed by atoms with Crippen molar-refractivity contribution in [2.24, 2.45) is 0 Å². The number of amides is 2. The average molecular weight is 267 g/mol. The minimum Gasteiger partial charge on any atom is -0.472 e. The smallest absolute Gasteiger partial charge is 0.255 e. The monoisotopic (exact) mass is 267 g/mol. The fraction of sp³-hybridized carbons (Fsp3) is 0.538. The van der Waals surface area contributed by atoms with Crippen molar-refractivity contribution in [1.29, 1.82) is 0 Å². The molecular formula is C13H21N3O3. The molecular weight excluding hydrogens is 246 g/mol. The molecule has 106 valence electrons. The highest BCUT2D eigenvalue weighted by atomic mass is 16.3. The summed E-state index contributed by atoms with van der Waals surface area (Å²) in [7, 11) is 0. The van der Waals surface area contributed by atoms with Gasteiger partial charge in [-0.05, 0) is 26.0 Å². The van der Waals surface area contributed by atoms with Crippen LogP contribution in [0.1, 0.15) is 30.6 Å². The van der Waals surface area contributed by atoms with Crippen molar-refractivity contribution >= 4 is 11.8 Å². The first-order chi connectivity index (χ1) is 9.15. The van der Waals surface area contributed by atoms with Crippen LogP contribution in [0.15, 0.2) is 23.0 Å². The Bertz CT molecular complexity index is 390. The number of rotatable bonds is 8. The van der Waals surface area contributed by atoms with Crippen LogP contribution in [0.4, 0.5) is 0 Å². The van der Waals surface area contributed by atoms with E-state index in [0.717, 1.165) is 19.5 Å². The van der Waals surface area contributed by atoms with Gasteiger partial charge in [-0.3, -0.25) is 9.59 Å². The Hall–Kier alpha value is -1.82. The molecule has 1 aromatic rings. The third-order valence-corrected chi connectivity index (χ3v) is 2.55. The van der Waals surface area contributed by atoms with Crippen LogP contribution in [-0.2, 0) is 4.79 Å². The molecule has 0 bridgehead atoms. The van der Waals surface area contributed by atoms with Gasteiger partial charge in [-0.2, -0.15) is 0 Å². The van der Waals surface area contributed by atoms with E-state index in [1.54, 1.807) is 13.0 Å². The largest absolute Gasteiger partial charge is 0.472 e. The van der Waals surface area contributed by atoms with Gasteiger partial charge in [0.2, 0.25) is 5.91 Å². The number of furan rings is 1. The van der Waals surface area contributed by atoms with E-state index in [-0.39, 0.29) is 11.8 Å². The second-order valence-corrected chi connectivity index (χ2v) is 4.25. The standard InChI is InChI=1S/C13H21N3O3/c1-3-5-14-6-7-15-12(17)10(2)16-13(18)11-4-8-19-9-11/h4,8-10,14H,3,5-7H2,1-2H3,(H,15,17)(H,16,18). The Morgan fingerprint density at radius 1 is 1.32 bits per heavy atom. The van der Waals surface area contributed by atoms with Gasteiger partial charge in [0.1, 0.15) is 12.3 Å². The van der Waals surface area contributed by atoms with E-state index in [2.05, 4.69) is 22.9 Å². The van der Waals surface area contributed by atoms with Crippen molar-refractivity contribution in [2.45, 2.75) is 26.3 Å². The molecule has 0 aromatic carbocycles. The predicted molar refractivity (Wildman–Crippen MR) is 71.8 cm³/mol. The molecule has 0 fully saturated rings. The summed E-state index contributed by atoms with van der Waals surface area (Å²) in [6, 6.07) is 0.975. The van der Waals surface area contributed by atoms with Gasteiger partial charge in [-0.15, -0.1) is 0 Å². The molecule has 0 saturated carbocycles. The van der Waals surface area contributed by atoms with Gasteiger partial charge in [-0.25, -0.2) is 0 Å². The van der Waals surface area contributed by atoms with Crippen molar-refractivity contribution in [3.05, 3.63) is 24.2 Å². The van der Waals surface area contributed by atoms with Crippen LogP contribution in [-0.4, -0.2) is 37.5 Å². The highest BCUT2D eigenvalue weighted by Gasteiger charge is 2.16. The van der Waals surface area contributed by atoms with Crippen LogP contribution in [0, 0.1) is 0 Å². The first kappa shape index (κ1) is 15.2. The van der Waals surface area contributed by atoms with E-state index in [1.165, 1.54) is 12.5 Å². The van der Waals surface area contributed by atoms with Gasteiger partial charge in [0.25, 0.3) is 5.91 Å². The highest BCUT2D eigenvalue weighted by molar-refractivity contribution is 5.97. The second-order valence-electron chi connectivity index (χ2n) is 4.25. The summed E-state index contributed by atoms with van der Waals surface area (Å²) in [6.07, 6.45) is 3.82. The van der Waals surface area contributed by atoms with Crippen LogP contribution in [0.5, 0.6) is 0 Å². The van der Waals surface area contributed by atoms with E-state index in [1.807, 2.05) is 0 Å². The first-order valence-corrected chi connectivity index (χ1v) is 6.46. The third kappa shape index (κ3) is 5.56. The maximum atomic E-state index is 11.7. The minimum absolute atomic E-state index is 0.199. The molecule has 1 unspecified atom stereocenters. The Morgan fingerprint density at radius 3 is 2.74 bits per heavy atom. The molecule has 19 heavy (non-hydrogen) atoms. The highest BCUT2D eigenvalue weighted by Crippen LogP contribution is 1.99. The molecule has 2 amide bonds. The van der Waals surface area contributed by atoms with E-state index < -0.39 is 6.04 Å². The Kier molecular flexibility index (Phi) is 6.67. The van der Waals surface area contributed by atoms with Crippen LogP contribution >= 0.6 is 0 Å². The number of nitrogens with one attached hydrogen (secondary N) is 3. The maximum absolute atomic E-state index is 11.7. The predicted octanol–water partition coefficient (Wildman–Crippen LogP) is 0.514. The molecule has 1 aromatic heterocycles. The average Bonchev–Trinajstić information content (AvgIpc) is 2.92. The fourth-order valence-electron chi connectivity index (χ4n) is 1.47. The van der Waals surface area contributed by atoms with Crippen molar-refractivity contribution in [3.8, 4) is 0 Å². The van der Waals surface area contributed by atoms with Gasteiger partial charge in [-0.1, -0.05) is 6.92 Å². The van der Waals surface area contributed by atoms with Gasteiger partial charge >= 0.3 is 0 Å². The molecule has 0 saturated heterocycles. The summed E-state index contributed by atoms with van der Waals surface area (Å²) in [5, 5.41) is 8.53. The van der Waals surface area contributed by atoms with Crippen molar-refractivity contribution < 1.29 is 14.0 Å². The van der Waals surface area contributed by atoms with Crippen molar-refractivity contribution in [3.63, 3.8) is 0 Å². The summed E-state index contributed by atoms with van der Waals surface area (Å²) in [4.78, 5) is 23.4. The fourth-order valence-corrected chi connectivity index (χ4v) is 1.47. The first-order valence-electron chi connectivity index (χ1n) is 6.46. The van der Waals surface area contributed by atoms with E-state index in [0.29, 0.717) is 12.1 Å². The molecule has 3 N–H and O–H groups in total. The molecule has 0 aliphatic rings. The zero-order chi connectivity index (χ0) is 14.1. The van der Waals surface area contributed by atoms with Crippen LogP contribution in [0.25, 0.3) is 0 Å². The van der Waals surface area contributed by atoms with Crippen LogP contribution < -0.4 is 16.0 Å². The number of hydrogen-bond donors (Lipinski definition) is 3. The molecule has 0 radical (unpaired) electrons. The van der Waals surface area contributed by atoms with E-state index in [4.69, 9.17) is 4.42 Å². The maximum Gasteiger partial charge on any atom is 0.255 e. The molecule has 1 rings (SSSR count). The Morgan fingerprint density at radius 2 is 2.11 bits per heavy atom. The lowest BCUT2D eigenvalue weighted by Crippen LogP contribution is -2.46. The van der Waals surface area contributed by atoms with Gasteiger partial charge in [0.05, 0.1) is 11.8 Å². The molecule has 6 heteroatoms. The summed E-state index contributed by atoms with van der Waals surface area (Å²) in [5.74, 6) is -0.518. The Labute approximate surface area is 112 Å². The zero-order valence-electron chi connectivity index (χ0n) is 11.4. The third-order valence-electron chi connectivity index (χ3n) is 2.55. The lowest BCUT2D eigenvalue weighted by Gasteiger charge is -2.13. The van der Waals surface area contributed by atoms with E-state index in [9.17, 15) is 9.59 Å². The number of carbonyl (C=O) groups excluding carboxylic acids is 2. The molecule has 1 atom stereocenters. The number of carbonyl (C=O) groups is 2. The quantitative estimate of drug-likeness (QED) is 0.599. The van der Waals surface area contributed by atoms with E-state index >= 15 is 0 Å². The van der Waals surface area contributed by atoms with Crippen LogP contribution in [0.2, 0.25) is 0 Å². The lowest BCUT2D eigenvalue weighted by atomic mass is 10.2. The zero-order valence-corrected chi connectivity index (χ0v) is 11.4. The SMILES string of the molecule is CCCNCCNC(=O)C(C)NC(=O)c1ccoc1. The van der Waals surface area contributed by atoms with Gasteiger partial charge in [0, 0.05) is 13.1 Å². The molecule has 1 heterocycles. The minimum atomic E-state index is -0.575. The normalized spacial score (nSPS) is 11.9. The van der Waals surface area contributed by atoms with Crippen molar-refractivity contribution in [2.75, 3.05) is 19.6 Å². The lowest BCUT2D eigenvalue weighted by molar-refractivity contribution is -0.122. The molecule has 6 nitrogen and oxygen atoms in total. The van der Waals surface area contributed by atoms with Gasteiger partial charge in [0.15, 0.2) is 0 Å². The topological polar surface area (TPSA) is 83.4 Å². The van der Waals surface area contributed by atoms with Crippen molar-refractivity contribution in [1.82, 2.24) is 16.0 Å².